The van der Waals surface area contributed by atoms with Crippen LogP contribution in [0.2, 0.25) is 0 Å². The Morgan fingerprint density at radius 2 is 1.84 bits per heavy atom. The van der Waals surface area contributed by atoms with E-state index in [4.69, 9.17) is 4.74 Å². The Hall–Kier alpha value is -2.74. The quantitative estimate of drug-likeness (QED) is 0.640. The molecule has 1 aromatic heterocycles. The lowest BCUT2D eigenvalue weighted by atomic mass is 10.2. The fourth-order valence-electron chi connectivity index (χ4n) is 2.29. The van der Waals surface area contributed by atoms with Crippen molar-refractivity contribution in [2.45, 2.75) is 0 Å². The molecule has 0 aliphatic rings. The Bertz CT molecular complexity index is 951. The third kappa shape index (κ3) is 4.03. The van der Waals surface area contributed by atoms with Crippen molar-refractivity contribution in [3.63, 3.8) is 0 Å². The van der Waals surface area contributed by atoms with E-state index in [0.29, 0.717) is 11.5 Å². The molecule has 0 bridgehead atoms. The Balaban J connectivity index is 1.65. The number of amides is 1. The van der Waals surface area contributed by atoms with Gasteiger partial charge < -0.3 is 15.0 Å². The van der Waals surface area contributed by atoms with Crippen LogP contribution in [0.4, 0.5) is 14.5 Å². The van der Waals surface area contributed by atoms with Gasteiger partial charge in [-0.2, -0.15) is 0 Å². The van der Waals surface area contributed by atoms with Gasteiger partial charge in [0.25, 0.3) is 5.91 Å². The molecule has 3 aromatic rings. The third-order valence-electron chi connectivity index (χ3n) is 3.34. The van der Waals surface area contributed by atoms with Crippen molar-refractivity contribution in [2.75, 3.05) is 11.9 Å². The third-order valence-corrected chi connectivity index (χ3v) is 3.84. The van der Waals surface area contributed by atoms with Crippen LogP contribution in [0.25, 0.3) is 10.9 Å². The first-order valence-electron chi connectivity index (χ1n) is 7.12. The van der Waals surface area contributed by atoms with Crippen molar-refractivity contribution in [1.29, 1.82) is 0 Å². The topological polar surface area (TPSA) is 71.2 Å². The van der Waals surface area contributed by atoms with Gasteiger partial charge in [0.1, 0.15) is 11.6 Å². The predicted molar refractivity (Wildman–Crippen MR) is 91.3 cm³/mol. The largest absolute Gasteiger partial charge is 0.452 e. The van der Waals surface area contributed by atoms with Gasteiger partial charge in [0, 0.05) is 33.3 Å². The summed E-state index contributed by atoms with van der Waals surface area (Å²) in [4.78, 5) is 26.8. The molecule has 0 saturated heterocycles. The first-order chi connectivity index (χ1) is 11.9. The summed E-state index contributed by atoms with van der Waals surface area (Å²) in [5, 5.41) is 2.90. The SMILES string of the molecule is O=C(COC(=O)c1c[nH]c2ccc(Br)cc12)Nc1cc(F)cc(F)c1. The molecule has 1 heterocycles. The summed E-state index contributed by atoms with van der Waals surface area (Å²) in [7, 11) is 0. The Morgan fingerprint density at radius 1 is 1.12 bits per heavy atom. The van der Waals surface area contributed by atoms with Crippen LogP contribution in [-0.4, -0.2) is 23.5 Å². The number of carbonyl (C=O) groups is 2. The van der Waals surface area contributed by atoms with E-state index in [1.807, 2.05) is 6.07 Å². The molecule has 2 N–H and O–H groups in total. The maximum absolute atomic E-state index is 13.1. The molecule has 3 rings (SSSR count). The second-order valence-electron chi connectivity index (χ2n) is 5.17. The molecule has 8 heteroatoms. The van der Waals surface area contributed by atoms with Gasteiger partial charge in [0.05, 0.1) is 5.56 Å². The normalized spacial score (nSPS) is 10.7. The van der Waals surface area contributed by atoms with E-state index in [2.05, 4.69) is 26.2 Å². The van der Waals surface area contributed by atoms with Gasteiger partial charge in [-0.25, -0.2) is 13.6 Å². The van der Waals surface area contributed by atoms with Gasteiger partial charge in [-0.05, 0) is 30.3 Å². The molecule has 0 unspecified atom stereocenters. The van der Waals surface area contributed by atoms with E-state index in [1.54, 1.807) is 12.1 Å². The molecule has 128 valence electrons. The number of ether oxygens (including phenoxy) is 1. The molecule has 0 aliphatic carbocycles. The number of anilines is 1. The second-order valence-corrected chi connectivity index (χ2v) is 6.09. The van der Waals surface area contributed by atoms with Gasteiger partial charge in [-0.15, -0.1) is 0 Å². The number of rotatable bonds is 4. The Kier molecular flexibility index (Phi) is 4.80. The summed E-state index contributed by atoms with van der Waals surface area (Å²) in [6, 6.07) is 7.96. The molecular formula is C17H11BrF2N2O3. The molecule has 0 atom stereocenters. The maximum Gasteiger partial charge on any atom is 0.340 e. The molecule has 0 spiro atoms. The first-order valence-corrected chi connectivity index (χ1v) is 7.91. The molecular weight excluding hydrogens is 398 g/mol. The molecule has 25 heavy (non-hydrogen) atoms. The first kappa shape index (κ1) is 17.1. The van der Waals surface area contributed by atoms with Crippen molar-refractivity contribution in [3.05, 3.63) is 64.3 Å². The van der Waals surface area contributed by atoms with Crippen LogP contribution in [0.5, 0.6) is 0 Å². The van der Waals surface area contributed by atoms with E-state index in [-0.39, 0.29) is 11.3 Å². The van der Waals surface area contributed by atoms with Gasteiger partial charge in [-0.3, -0.25) is 4.79 Å². The second kappa shape index (κ2) is 7.02. The summed E-state index contributed by atoms with van der Waals surface area (Å²) in [6.45, 7) is -0.586. The number of hydrogen-bond donors (Lipinski definition) is 2. The minimum atomic E-state index is -0.823. The summed E-state index contributed by atoms with van der Waals surface area (Å²) < 4.78 is 31.9. The number of nitrogens with one attached hydrogen (secondary N) is 2. The van der Waals surface area contributed by atoms with Crippen LogP contribution >= 0.6 is 15.9 Å². The number of halogens is 3. The number of esters is 1. The van der Waals surface area contributed by atoms with Crippen molar-refractivity contribution in [3.8, 4) is 0 Å². The van der Waals surface area contributed by atoms with Gasteiger partial charge in [0.15, 0.2) is 6.61 Å². The summed E-state index contributed by atoms with van der Waals surface area (Å²) in [6.07, 6.45) is 1.49. The van der Waals surface area contributed by atoms with Crippen molar-refractivity contribution in [1.82, 2.24) is 4.98 Å². The molecule has 1 amide bonds. The predicted octanol–water partition coefficient (Wildman–Crippen LogP) is 4.00. The standard InChI is InChI=1S/C17H11BrF2N2O3/c18-9-1-2-15-13(3-9)14(7-21-15)17(24)25-8-16(23)22-12-5-10(19)4-11(20)6-12/h1-7,21H,8H2,(H,22,23). The van der Waals surface area contributed by atoms with E-state index in [0.717, 1.165) is 22.1 Å². The number of benzene rings is 2. The van der Waals surface area contributed by atoms with E-state index < -0.39 is 30.1 Å². The summed E-state index contributed by atoms with van der Waals surface area (Å²) in [5.74, 6) is -3.04. The van der Waals surface area contributed by atoms with Gasteiger partial charge in [-0.1, -0.05) is 15.9 Å². The molecule has 0 fully saturated rings. The zero-order valence-corrected chi connectivity index (χ0v) is 14.2. The van der Waals surface area contributed by atoms with Crippen LogP contribution in [0.15, 0.2) is 47.1 Å². The number of carbonyl (C=O) groups excluding carboxylic acids is 2. The highest BCUT2D eigenvalue weighted by Crippen LogP contribution is 2.23. The van der Waals surface area contributed by atoms with Crippen LogP contribution < -0.4 is 5.32 Å². The minimum Gasteiger partial charge on any atom is -0.452 e. The molecule has 5 nitrogen and oxygen atoms in total. The van der Waals surface area contributed by atoms with Crippen molar-refractivity contribution >= 4 is 44.4 Å². The fourth-order valence-corrected chi connectivity index (χ4v) is 2.65. The lowest BCUT2D eigenvalue weighted by Crippen LogP contribution is -2.21. The van der Waals surface area contributed by atoms with Gasteiger partial charge in [0.2, 0.25) is 0 Å². The smallest absolute Gasteiger partial charge is 0.340 e. The lowest BCUT2D eigenvalue weighted by molar-refractivity contribution is -0.119. The molecule has 0 radical (unpaired) electrons. The average molecular weight is 409 g/mol. The van der Waals surface area contributed by atoms with Crippen LogP contribution in [-0.2, 0) is 9.53 Å². The minimum absolute atomic E-state index is 0.0606. The highest BCUT2D eigenvalue weighted by atomic mass is 79.9. The fraction of sp³-hybridized carbons (Fsp3) is 0.0588. The van der Waals surface area contributed by atoms with Gasteiger partial charge >= 0.3 is 5.97 Å². The number of hydrogen-bond acceptors (Lipinski definition) is 3. The van der Waals surface area contributed by atoms with E-state index >= 15 is 0 Å². The van der Waals surface area contributed by atoms with Crippen LogP contribution in [0, 0.1) is 11.6 Å². The Labute approximate surface area is 149 Å². The number of H-pyrrole nitrogens is 1. The summed E-state index contributed by atoms with van der Waals surface area (Å²) in [5.41, 5.74) is 0.963. The lowest BCUT2D eigenvalue weighted by Gasteiger charge is -2.07. The van der Waals surface area contributed by atoms with Crippen LogP contribution in [0.1, 0.15) is 10.4 Å². The zero-order chi connectivity index (χ0) is 18.0. The van der Waals surface area contributed by atoms with Crippen molar-refractivity contribution < 1.29 is 23.1 Å². The number of aromatic nitrogens is 1. The molecule has 0 aliphatic heterocycles. The Morgan fingerprint density at radius 3 is 2.56 bits per heavy atom. The zero-order valence-electron chi connectivity index (χ0n) is 12.6. The number of fused-ring (bicyclic) bond motifs is 1. The molecule has 2 aromatic carbocycles. The highest BCUT2D eigenvalue weighted by molar-refractivity contribution is 9.10. The monoisotopic (exact) mass is 408 g/mol. The molecule has 0 saturated carbocycles. The van der Waals surface area contributed by atoms with E-state index in [9.17, 15) is 18.4 Å². The van der Waals surface area contributed by atoms with Crippen molar-refractivity contribution in [2.24, 2.45) is 0 Å². The maximum atomic E-state index is 13.1. The highest BCUT2D eigenvalue weighted by Gasteiger charge is 2.15. The van der Waals surface area contributed by atoms with E-state index in [1.165, 1.54) is 6.20 Å². The average Bonchev–Trinajstić information content (AvgIpc) is 2.94. The van der Waals surface area contributed by atoms with Crippen LogP contribution in [0.3, 0.4) is 0 Å². The number of aromatic amines is 1. The summed E-state index contributed by atoms with van der Waals surface area (Å²) >= 11 is 3.32.